The highest BCUT2D eigenvalue weighted by molar-refractivity contribution is 5.94. The second-order valence-electron chi connectivity index (χ2n) is 6.43. The van der Waals surface area contributed by atoms with Gasteiger partial charge in [-0.3, -0.25) is 14.5 Å². The van der Waals surface area contributed by atoms with Crippen LogP contribution in [0.1, 0.15) is 13.3 Å². The number of halogens is 5. The summed E-state index contributed by atoms with van der Waals surface area (Å²) in [4.78, 5) is 25.9. The molecule has 11 heteroatoms. The summed E-state index contributed by atoms with van der Waals surface area (Å²) in [5.74, 6) is -5.88. The molecule has 2 aromatic rings. The van der Waals surface area contributed by atoms with E-state index in [4.69, 9.17) is 0 Å². The van der Waals surface area contributed by atoms with Gasteiger partial charge >= 0.3 is 6.61 Å². The third-order valence-corrected chi connectivity index (χ3v) is 3.95. The first-order valence-electron chi connectivity index (χ1n) is 9.20. The number of anilines is 2. The van der Waals surface area contributed by atoms with Gasteiger partial charge in [-0.25, -0.2) is 13.2 Å². The molecule has 2 N–H and O–H groups in total. The molecular weight excluding hydrogens is 425 g/mol. The van der Waals surface area contributed by atoms with Gasteiger partial charge in [0.05, 0.1) is 18.8 Å². The molecule has 0 unspecified atom stereocenters. The summed E-state index contributed by atoms with van der Waals surface area (Å²) >= 11 is 0. The molecule has 0 atom stereocenters. The minimum absolute atomic E-state index is 0.0678. The predicted octanol–water partition coefficient (Wildman–Crippen LogP) is 3.99. The third-order valence-electron chi connectivity index (χ3n) is 3.95. The van der Waals surface area contributed by atoms with Crippen molar-refractivity contribution in [2.75, 3.05) is 30.3 Å². The fourth-order valence-corrected chi connectivity index (χ4v) is 2.67. The third kappa shape index (κ3) is 7.52. The first-order chi connectivity index (χ1) is 14.7. The normalized spacial score (nSPS) is 11.0. The Morgan fingerprint density at radius 2 is 1.55 bits per heavy atom. The molecule has 0 saturated carbocycles. The van der Waals surface area contributed by atoms with Crippen molar-refractivity contribution in [1.82, 2.24) is 4.90 Å². The average molecular weight is 445 g/mol. The highest BCUT2D eigenvalue weighted by Crippen LogP contribution is 2.20. The minimum Gasteiger partial charge on any atom is -0.435 e. The SMILES string of the molecule is CCCN(CC(=O)Nc1ccc(OC(F)F)cc1)CC(=O)Nc1ccc(F)c(F)c1F. The Labute approximate surface area is 175 Å². The Balaban J connectivity index is 1.93. The van der Waals surface area contributed by atoms with Gasteiger partial charge < -0.3 is 15.4 Å². The molecule has 0 spiro atoms. The van der Waals surface area contributed by atoms with Crippen LogP contribution >= 0.6 is 0 Å². The number of alkyl halides is 2. The van der Waals surface area contributed by atoms with Gasteiger partial charge in [0.25, 0.3) is 0 Å². The van der Waals surface area contributed by atoms with Gasteiger partial charge in [-0.2, -0.15) is 8.78 Å². The van der Waals surface area contributed by atoms with Crippen molar-refractivity contribution in [3.63, 3.8) is 0 Å². The molecule has 0 saturated heterocycles. The lowest BCUT2D eigenvalue weighted by molar-refractivity contribution is -0.120. The van der Waals surface area contributed by atoms with Crippen LogP contribution in [0.2, 0.25) is 0 Å². The van der Waals surface area contributed by atoms with Crippen LogP contribution < -0.4 is 15.4 Å². The van der Waals surface area contributed by atoms with Gasteiger partial charge in [0.2, 0.25) is 11.8 Å². The molecule has 0 fully saturated rings. The molecule has 31 heavy (non-hydrogen) atoms. The standard InChI is InChI=1S/C20H20F5N3O3/c1-2-9-28(11-17(30)27-15-8-7-14(21)18(22)19(15)23)10-16(29)26-12-3-5-13(6-4-12)31-20(24)25/h3-8,20H,2,9-11H2,1H3,(H,26,29)(H,27,30). The lowest BCUT2D eigenvalue weighted by Crippen LogP contribution is -2.39. The quantitative estimate of drug-likeness (QED) is 0.429. The van der Waals surface area contributed by atoms with Gasteiger partial charge in [0.15, 0.2) is 17.5 Å². The van der Waals surface area contributed by atoms with E-state index in [2.05, 4.69) is 15.4 Å². The molecule has 2 rings (SSSR count). The molecule has 6 nitrogen and oxygen atoms in total. The smallest absolute Gasteiger partial charge is 0.387 e. The van der Waals surface area contributed by atoms with E-state index in [0.717, 1.165) is 6.07 Å². The number of amides is 2. The van der Waals surface area contributed by atoms with E-state index in [1.807, 2.05) is 6.92 Å². The van der Waals surface area contributed by atoms with Crippen LogP contribution in [0.4, 0.5) is 33.3 Å². The molecule has 0 radical (unpaired) electrons. The molecule has 0 heterocycles. The first kappa shape index (κ1) is 24.1. The number of carbonyl (C=O) groups is 2. The number of carbonyl (C=O) groups excluding carboxylic acids is 2. The fraction of sp³-hybridized carbons (Fsp3) is 0.300. The molecule has 0 aliphatic carbocycles. The first-order valence-corrected chi connectivity index (χ1v) is 9.20. The lowest BCUT2D eigenvalue weighted by Gasteiger charge is -2.20. The molecule has 2 amide bonds. The number of rotatable bonds is 10. The van der Waals surface area contributed by atoms with Crippen LogP contribution in [-0.4, -0.2) is 43.0 Å². The number of benzene rings is 2. The van der Waals surface area contributed by atoms with Crippen molar-refractivity contribution in [1.29, 1.82) is 0 Å². The van der Waals surface area contributed by atoms with Gasteiger partial charge in [0.1, 0.15) is 5.75 Å². The minimum atomic E-state index is -2.96. The van der Waals surface area contributed by atoms with Crippen LogP contribution in [0.25, 0.3) is 0 Å². The van der Waals surface area contributed by atoms with Gasteiger partial charge in [0, 0.05) is 5.69 Å². The van der Waals surface area contributed by atoms with Crippen molar-refractivity contribution in [3.05, 3.63) is 53.8 Å². The Kier molecular flexibility index (Phi) is 8.74. The number of nitrogens with zero attached hydrogens (tertiary/aromatic N) is 1. The summed E-state index contributed by atoms with van der Waals surface area (Å²) in [6.45, 7) is -1.30. The maximum atomic E-state index is 13.7. The fourth-order valence-electron chi connectivity index (χ4n) is 2.67. The van der Waals surface area contributed by atoms with E-state index in [1.165, 1.54) is 29.2 Å². The van der Waals surface area contributed by atoms with Gasteiger partial charge in [-0.05, 0) is 49.4 Å². The zero-order valence-electron chi connectivity index (χ0n) is 16.4. The molecule has 0 bridgehead atoms. The second kappa shape index (κ2) is 11.3. The Morgan fingerprint density at radius 1 is 0.935 bits per heavy atom. The van der Waals surface area contributed by atoms with Crippen LogP contribution in [0.15, 0.2) is 36.4 Å². The number of nitrogens with one attached hydrogen (secondary N) is 2. The molecule has 0 aliphatic heterocycles. The molecular formula is C20H20F5N3O3. The maximum Gasteiger partial charge on any atom is 0.387 e. The summed E-state index contributed by atoms with van der Waals surface area (Å²) in [5.41, 5.74) is -0.188. The van der Waals surface area contributed by atoms with Crippen molar-refractivity contribution in [2.24, 2.45) is 0 Å². The van der Waals surface area contributed by atoms with E-state index in [1.54, 1.807) is 0 Å². The second-order valence-corrected chi connectivity index (χ2v) is 6.43. The Morgan fingerprint density at radius 3 is 2.13 bits per heavy atom. The Bertz CT molecular complexity index is 910. The number of hydrogen-bond donors (Lipinski definition) is 2. The van der Waals surface area contributed by atoms with Crippen LogP contribution in [-0.2, 0) is 9.59 Å². The van der Waals surface area contributed by atoms with E-state index in [-0.39, 0.29) is 18.8 Å². The van der Waals surface area contributed by atoms with E-state index >= 15 is 0 Å². The van der Waals surface area contributed by atoms with Crippen molar-refractivity contribution in [3.8, 4) is 5.75 Å². The van der Waals surface area contributed by atoms with E-state index in [0.29, 0.717) is 24.7 Å². The monoisotopic (exact) mass is 445 g/mol. The zero-order chi connectivity index (χ0) is 23.0. The highest BCUT2D eigenvalue weighted by atomic mass is 19.3. The van der Waals surface area contributed by atoms with Crippen molar-refractivity contribution >= 4 is 23.2 Å². The summed E-state index contributed by atoms with van der Waals surface area (Å²) in [7, 11) is 0. The maximum absolute atomic E-state index is 13.7. The number of hydrogen-bond acceptors (Lipinski definition) is 4. The molecule has 0 aromatic heterocycles. The summed E-state index contributed by atoms with van der Waals surface area (Å²) in [6.07, 6.45) is 0.597. The van der Waals surface area contributed by atoms with E-state index < -0.39 is 41.6 Å². The molecule has 0 aliphatic rings. The van der Waals surface area contributed by atoms with E-state index in [9.17, 15) is 31.5 Å². The lowest BCUT2D eigenvalue weighted by atomic mass is 10.2. The number of ether oxygens (including phenoxy) is 1. The van der Waals surface area contributed by atoms with Gasteiger partial charge in [-0.15, -0.1) is 0 Å². The predicted molar refractivity (Wildman–Crippen MR) is 103 cm³/mol. The van der Waals surface area contributed by atoms with Crippen molar-refractivity contribution < 1.29 is 36.3 Å². The van der Waals surface area contributed by atoms with Gasteiger partial charge in [-0.1, -0.05) is 6.92 Å². The summed E-state index contributed by atoms with van der Waals surface area (Å²) in [6, 6.07) is 6.84. The largest absolute Gasteiger partial charge is 0.435 e. The average Bonchev–Trinajstić information content (AvgIpc) is 2.69. The summed E-state index contributed by atoms with van der Waals surface area (Å²) in [5, 5.41) is 4.69. The summed E-state index contributed by atoms with van der Waals surface area (Å²) < 4.78 is 68.5. The Hall–Kier alpha value is -3.21. The molecule has 168 valence electrons. The van der Waals surface area contributed by atoms with Crippen LogP contribution in [0, 0.1) is 17.5 Å². The highest BCUT2D eigenvalue weighted by Gasteiger charge is 2.18. The van der Waals surface area contributed by atoms with Crippen molar-refractivity contribution in [2.45, 2.75) is 20.0 Å². The topological polar surface area (TPSA) is 70.7 Å². The zero-order valence-corrected chi connectivity index (χ0v) is 16.4. The van der Waals surface area contributed by atoms with Crippen LogP contribution in [0.5, 0.6) is 5.75 Å². The molecule has 2 aromatic carbocycles. The van der Waals surface area contributed by atoms with Crippen LogP contribution in [0.3, 0.4) is 0 Å².